The van der Waals surface area contributed by atoms with Gasteiger partial charge in [-0.25, -0.2) is 13.4 Å². The van der Waals surface area contributed by atoms with Crippen LogP contribution in [0.25, 0.3) is 11.2 Å². The Morgan fingerprint density at radius 1 is 1.03 bits per heavy atom. The highest BCUT2D eigenvalue weighted by Gasteiger charge is 2.22. The third-order valence-corrected chi connectivity index (χ3v) is 8.27. The number of anilines is 4. The molecule has 4 aromatic rings. The number of hydrogen-bond donors (Lipinski definition) is 4. The number of hydrogen-bond acceptors (Lipinski definition) is 8. The summed E-state index contributed by atoms with van der Waals surface area (Å²) in [5, 5.41) is 16.5. The number of aryl methyl sites for hydroxylation is 3. The van der Waals surface area contributed by atoms with Crippen molar-refractivity contribution in [3.63, 3.8) is 0 Å². The summed E-state index contributed by atoms with van der Waals surface area (Å²) < 4.78 is 30.6. The van der Waals surface area contributed by atoms with Crippen LogP contribution in [0.3, 0.4) is 0 Å². The molecule has 1 aliphatic carbocycles. The highest BCUT2D eigenvalue weighted by atomic mass is 32.2. The number of aliphatic hydroxyl groups excluding tert-OH is 1. The third kappa shape index (κ3) is 5.58. The minimum absolute atomic E-state index is 0.160. The predicted molar refractivity (Wildman–Crippen MR) is 149 cm³/mol. The minimum Gasteiger partial charge on any atom is -0.393 e. The van der Waals surface area contributed by atoms with Gasteiger partial charge in [0.25, 0.3) is 10.0 Å². The molecule has 11 heteroatoms. The molecular formula is C27H33N7O3S. The van der Waals surface area contributed by atoms with Crippen LogP contribution in [0.1, 0.15) is 43.7 Å². The van der Waals surface area contributed by atoms with E-state index in [1.165, 1.54) is 0 Å². The normalized spacial score (nSPS) is 17.9. The molecule has 4 N–H and O–H groups in total. The van der Waals surface area contributed by atoms with Crippen molar-refractivity contribution in [2.24, 2.45) is 0 Å². The summed E-state index contributed by atoms with van der Waals surface area (Å²) in [4.78, 5) is 14.1. The molecular weight excluding hydrogens is 502 g/mol. The summed E-state index contributed by atoms with van der Waals surface area (Å²) in [6, 6.07) is 12.3. The van der Waals surface area contributed by atoms with Crippen LogP contribution >= 0.6 is 0 Å². The van der Waals surface area contributed by atoms with E-state index in [-0.39, 0.29) is 17.0 Å². The molecule has 2 heterocycles. The van der Waals surface area contributed by atoms with Gasteiger partial charge in [0.05, 0.1) is 23.0 Å². The SMILES string of the molecule is CCn1cnc2c(Nc3ccc(S(=O)(=O)Nc4ccc(C)cc4C)cc3)nc(NC3CCC(O)CC3)nc21. The third-order valence-electron chi connectivity index (χ3n) is 6.89. The molecule has 2 aromatic carbocycles. The molecule has 5 rings (SSSR count). The molecule has 0 spiro atoms. The van der Waals surface area contributed by atoms with Crippen molar-refractivity contribution in [3.05, 3.63) is 59.9 Å². The number of fused-ring (bicyclic) bond motifs is 1. The van der Waals surface area contributed by atoms with Crippen LogP contribution < -0.4 is 15.4 Å². The second-order valence-corrected chi connectivity index (χ2v) is 11.5. The van der Waals surface area contributed by atoms with Gasteiger partial charge in [-0.3, -0.25) is 4.72 Å². The summed E-state index contributed by atoms with van der Waals surface area (Å²) in [6.07, 6.45) is 4.71. The molecule has 38 heavy (non-hydrogen) atoms. The molecule has 1 saturated carbocycles. The maximum absolute atomic E-state index is 13.0. The highest BCUT2D eigenvalue weighted by molar-refractivity contribution is 7.92. The number of rotatable bonds is 8. The van der Waals surface area contributed by atoms with Crippen LogP contribution in [0.15, 0.2) is 53.7 Å². The van der Waals surface area contributed by atoms with Gasteiger partial charge in [-0.05, 0) is 82.3 Å². The van der Waals surface area contributed by atoms with Gasteiger partial charge >= 0.3 is 0 Å². The summed E-state index contributed by atoms with van der Waals surface area (Å²) in [5.41, 5.74) is 4.50. The Balaban J connectivity index is 1.38. The second-order valence-electron chi connectivity index (χ2n) is 9.82. The van der Waals surface area contributed by atoms with E-state index >= 15 is 0 Å². The molecule has 0 saturated heterocycles. The average Bonchev–Trinajstić information content (AvgIpc) is 3.31. The van der Waals surface area contributed by atoms with Gasteiger partial charge in [-0.2, -0.15) is 9.97 Å². The molecule has 200 valence electrons. The van der Waals surface area contributed by atoms with Crippen molar-refractivity contribution < 1.29 is 13.5 Å². The van der Waals surface area contributed by atoms with E-state index in [0.29, 0.717) is 40.8 Å². The molecule has 0 amide bonds. The van der Waals surface area contributed by atoms with Crippen LogP contribution in [0.2, 0.25) is 0 Å². The fraction of sp³-hybridized carbons (Fsp3) is 0.370. The fourth-order valence-electron chi connectivity index (χ4n) is 4.72. The average molecular weight is 536 g/mol. The van der Waals surface area contributed by atoms with Gasteiger partial charge in [-0.1, -0.05) is 17.7 Å². The molecule has 1 fully saturated rings. The minimum atomic E-state index is -3.75. The zero-order valence-corrected chi connectivity index (χ0v) is 22.6. The first-order valence-corrected chi connectivity index (χ1v) is 14.3. The van der Waals surface area contributed by atoms with E-state index in [4.69, 9.17) is 9.97 Å². The Morgan fingerprint density at radius 3 is 2.45 bits per heavy atom. The van der Waals surface area contributed by atoms with Gasteiger partial charge in [0.1, 0.15) is 0 Å². The molecule has 0 unspecified atom stereocenters. The van der Waals surface area contributed by atoms with E-state index < -0.39 is 10.0 Å². The van der Waals surface area contributed by atoms with Gasteiger partial charge < -0.3 is 20.3 Å². The lowest BCUT2D eigenvalue weighted by Gasteiger charge is -2.26. The largest absolute Gasteiger partial charge is 0.393 e. The maximum Gasteiger partial charge on any atom is 0.261 e. The zero-order valence-electron chi connectivity index (χ0n) is 21.8. The quantitative estimate of drug-likeness (QED) is 0.255. The summed E-state index contributed by atoms with van der Waals surface area (Å²) >= 11 is 0. The molecule has 10 nitrogen and oxygen atoms in total. The number of aliphatic hydroxyl groups is 1. The van der Waals surface area contributed by atoms with Crippen LogP contribution in [-0.2, 0) is 16.6 Å². The lowest BCUT2D eigenvalue weighted by Crippen LogP contribution is -2.29. The lowest BCUT2D eigenvalue weighted by atomic mass is 9.93. The topological polar surface area (TPSA) is 134 Å². The number of sulfonamides is 1. The van der Waals surface area contributed by atoms with Crippen LogP contribution in [-0.4, -0.2) is 45.2 Å². The van der Waals surface area contributed by atoms with E-state index in [0.717, 1.165) is 36.8 Å². The summed E-state index contributed by atoms with van der Waals surface area (Å²) in [7, 11) is -3.75. The molecule has 0 atom stereocenters. The Kier molecular flexibility index (Phi) is 7.22. The fourth-order valence-corrected chi connectivity index (χ4v) is 5.85. The molecule has 2 aromatic heterocycles. The van der Waals surface area contributed by atoms with Crippen molar-refractivity contribution in [1.82, 2.24) is 19.5 Å². The van der Waals surface area contributed by atoms with Crippen molar-refractivity contribution in [2.45, 2.75) is 70.0 Å². The first kappa shape index (κ1) is 25.9. The molecule has 0 aliphatic heterocycles. The maximum atomic E-state index is 13.0. The summed E-state index contributed by atoms with van der Waals surface area (Å²) in [6.45, 7) is 6.58. The van der Waals surface area contributed by atoms with Crippen molar-refractivity contribution in [3.8, 4) is 0 Å². The lowest BCUT2D eigenvalue weighted by molar-refractivity contribution is 0.126. The van der Waals surface area contributed by atoms with E-state index in [2.05, 4.69) is 20.3 Å². The first-order chi connectivity index (χ1) is 18.2. The number of nitrogens with one attached hydrogen (secondary N) is 3. The number of aromatic nitrogens is 4. The smallest absolute Gasteiger partial charge is 0.261 e. The molecule has 1 aliphatic rings. The number of benzene rings is 2. The van der Waals surface area contributed by atoms with E-state index in [1.54, 1.807) is 36.7 Å². The standard InChI is InChI=1S/C27H33N7O3S/c1-4-34-16-28-24-25(31-27(32-26(24)34)30-20-6-10-21(35)11-7-20)29-19-8-12-22(13-9-19)38(36,37)33-23-14-5-17(2)15-18(23)3/h5,8-9,12-16,20-21,33,35H,4,6-7,10-11H2,1-3H3,(H2,29,30,31,32). The van der Waals surface area contributed by atoms with E-state index in [9.17, 15) is 13.5 Å². The Bertz CT molecular complexity index is 1540. The van der Waals surface area contributed by atoms with Crippen LogP contribution in [0.5, 0.6) is 0 Å². The van der Waals surface area contributed by atoms with Crippen LogP contribution in [0.4, 0.5) is 23.1 Å². The number of imidazole rings is 1. The predicted octanol–water partition coefficient (Wildman–Crippen LogP) is 4.72. The van der Waals surface area contributed by atoms with Crippen molar-refractivity contribution in [1.29, 1.82) is 0 Å². The number of nitrogens with zero attached hydrogens (tertiary/aromatic N) is 4. The zero-order chi connectivity index (χ0) is 26.9. The second kappa shape index (κ2) is 10.6. The van der Waals surface area contributed by atoms with Crippen molar-refractivity contribution in [2.75, 3.05) is 15.4 Å². The monoisotopic (exact) mass is 535 g/mol. The Morgan fingerprint density at radius 2 is 1.76 bits per heavy atom. The Labute approximate surface area is 222 Å². The molecule has 0 radical (unpaired) electrons. The van der Waals surface area contributed by atoms with E-state index in [1.807, 2.05) is 37.5 Å². The first-order valence-electron chi connectivity index (χ1n) is 12.9. The Hall–Kier alpha value is -3.70. The highest BCUT2D eigenvalue weighted by Crippen LogP contribution is 2.28. The van der Waals surface area contributed by atoms with Crippen LogP contribution in [0, 0.1) is 13.8 Å². The summed E-state index contributed by atoms with van der Waals surface area (Å²) in [5.74, 6) is 1.03. The van der Waals surface area contributed by atoms with Gasteiger partial charge in [0.2, 0.25) is 5.95 Å². The van der Waals surface area contributed by atoms with Crippen molar-refractivity contribution >= 4 is 44.3 Å². The molecule has 0 bridgehead atoms. The van der Waals surface area contributed by atoms with Gasteiger partial charge in [-0.15, -0.1) is 0 Å². The van der Waals surface area contributed by atoms with Gasteiger partial charge in [0.15, 0.2) is 17.0 Å². The van der Waals surface area contributed by atoms with Gasteiger partial charge in [0, 0.05) is 18.3 Å².